The minimum Gasteiger partial charge on any atom is -0.357 e. The standard InChI is InChI=1S/C18H21BClFN4/c1-3-25(10-12(2)19(11-22)13-8-14(21)9-13)18-7-5-15-16(24-18)4-6-17(20)23-15/h4-7,12-14H,3,8-10H2,1-2H3. The van der Waals surface area contributed by atoms with Crippen molar-refractivity contribution in [1.29, 1.82) is 5.26 Å². The van der Waals surface area contributed by atoms with E-state index in [0.29, 0.717) is 18.0 Å². The van der Waals surface area contributed by atoms with Crippen molar-refractivity contribution >= 4 is 35.2 Å². The van der Waals surface area contributed by atoms with Gasteiger partial charge in [-0.05, 0) is 55.7 Å². The summed E-state index contributed by atoms with van der Waals surface area (Å²) in [7, 11) is 0. The summed E-state index contributed by atoms with van der Waals surface area (Å²) in [6.07, 6.45) is 0.321. The number of anilines is 1. The monoisotopic (exact) mass is 358 g/mol. The van der Waals surface area contributed by atoms with E-state index in [4.69, 9.17) is 11.6 Å². The van der Waals surface area contributed by atoms with Crippen LogP contribution in [-0.4, -0.2) is 35.9 Å². The maximum Gasteiger partial charge on any atom is 0.275 e. The molecule has 0 saturated heterocycles. The van der Waals surface area contributed by atoms with E-state index in [1.165, 1.54) is 0 Å². The van der Waals surface area contributed by atoms with Crippen LogP contribution in [0.25, 0.3) is 11.0 Å². The normalized spacial score (nSPS) is 20.6. The second kappa shape index (κ2) is 7.57. The van der Waals surface area contributed by atoms with Crippen LogP contribution in [0.3, 0.4) is 0 Å². The minimum atomic E-state index is -0.725. The Labute approximate surface area is 153 Å². The third-order valence-electron chi connectivity index (χ3n) is 5.09. The number of nitriles is 1. The minimum absolute atomic E-state index is 0.109. The number of nitrogens with zero attached hydrogens (tertiary/aromatic N) is 4. The molecule has 7 heteroatoms. The molecule has 1 atom stereocenters. The predicted octanol–water partition coefficient (Wildman–Crippen LogP) is 4.56. The van der Waals surface area contributed by atoms with Gasteiger partial charge in [-0.15, -0.1) is 0 Å². The van der Waals surface area contributed by atoms with E-state index in [1.807, 2.05) is 18.2 Å². The number of hydrogen-bond acceptors (Lipinski definition) is 4. The average Bonchev–Trinajstić information content (AvgIpc) is 2.58. The SMILES string of the molecule is CCN(CC(C)B(C#N)C1CC(F)C1)c1ccc2nc(Cl)ccc2n1. The fraction of sp³-hybridized carbons (Fsp3) is 0.500. The number of fused-ring (bicyclic) bond motifs is 1. The second-order valence-electron chi connectivity index (χ2n) is 6.84. The van der Waals surface area contributed by atoms with Gasteiger partial charge in [-0.3, -0.25) is 0 Å². The van der Waals surface area contributed by atoms with Crippen LogP contribution in [0.2, 0.25) is 16.8 Å². The first-order valence-electron chi connectivity index (χ1n) is 8.73. The van der Waals surface area contributed by atoms with Gasteiger partial charge in [-0.2, -0.15) is 0 Å². The van der Waals surface area contributed by atoms with Crippen LogP contribution >= 0.6 is 11.6 Å². The molecule has 0 aliphatic heterocycles. The molecule has 4 nitrogen and oxygen atoms in total. The highest BCUT2D eigenvalue weighted by molar-refractivity contribution is 6.70. The molecule has 0 radical (unpaired) electrons. The van der Waals surface area contributed by atoms with Crippen molar-refractivity contribution in [2.24, 2.45) is 0 Å². The number of alkyl halides is 1. The highest BCUT2D eigenvalue weighted by Crippen LogP contribution is 2.41. The van der Waals surface area contributed by atoms with E-state index in [1.54, 1.807) is 6.07 Å². The van der Waals surface area contributed by atoms with E-state index < -0.39 is 6.17 Å². The molecule has 2 aromatic rings. The van der Waals surface area contributed by atoms with Gasteiger partial charge < -0.3 is 4.90 Å². The Hall–Kier alpha value is -1.87. The number of aromatic nitrogens is 2. The molecule has 2 aromatic heterocycles. The van der Waals surface area contributed by atoms with Gasteiger partial charge in [0, 0.05) is 19.1 Å². The van der Waals surface area contributed by atoms with Crippen LogP contribution in [0, 0.1) is 11.2 Å². The summed E-state index contributed by atoms with van der Waals surface area (Å²) in [6.45, 7) is 5.55. The molecule has 1 fully saturated rings. The maximum absolute atomic E-state index is 13.2. The topological polar surface area (TPSA) is 52.8 Å². The van der Waals surface area contributed by atoms with Crippen molar-refractivity contribution < 1.29 is 4.39 Å². The van der Waals surface area contributed by atoms with Crippen LogP contribution < -0.4 is 4.90 Å². The molecule has 3 rings (SSSR count). The first kappa shape index (κ1) is 17.9. The fourth-order valence-corrected chi connectivity index (χ4v) is 3.73. The van der Waals surface area contributed by atoms with Crippen LogP contribution in [0.4, 0.5) is 10.2 Å². The van der Waals surface area contributed by atoms with Crippen LogP contribution in [-0.2, 0) is 0 Å². The van der Waals surface area contributed by atoms with Crippen LogP contribution in [0.1, 0.15) is 26.7 Å². The van der Waals surface area contributed by atoms with Gasteiger partial charge in [0.05, 0.1) is 17.2 Å². The molecule has 0 spiro atoms. The quantitative estimate of drug-likeness (QED) is 0.561. The Kier molecular flexibility index (Phi) is 5.43. The summed E-state index contributed by atoms with van der Waals surface area (Å²) in [5.74, 6) is 3.60. The lowest BCUT2D eigenvalue weighted by Gasteiger charge is -2.35. The maximum atomic E-state index is 13.2. The highest BCUT2D eigenvalue weighted by Gasteiger charge is 2.41. The number of hydrogen-bond donors (Lipinski definition) is 0. The van der Waals surface area contributed by atoms with E-state index in [2.05, 4.69) is 34.7 Å². The van der Waals surface area contributed by atoms with Crippen molar-refractivity contribution in [2.45, 2.75) is 44.5 Å². The molecule has 1 aliphatic rings. The van der Waals surface area contributed by atoms with Crippen molar-refractivity contribution in [3.05, 3.63) is 29.4 Å². The van der Waals surface area contributed by atoms with Gasteiger partial charge in [-0.25, -0.2) is 19.6 Å². The Morgan fingerprint density at radius 3 is 2.64 bits per heavy atom. The van der Waals surface area contributed by atoms with E-state index in [9.17, 15) is 9.65 Å². The first-order valence-corrected chi connectivity index (χ1v) is 9.11. The first-order chi connectivity index (χ1) is 12.0. The zero-order valence-electron chi connectivity index (χ0n) is 14.5. The van der Waals surface area contributed by atoms with Gasteiger partial charge >= 0.3 is 0 Å². The van der Waals surface area contributed by atoms with Crippen molar-refractivity contribution in [3.8, 4) is 5.97 Å². The lowest BCUT2D eigenvalue weighted by atomic mass is 9.31. The molecular formula is C18H21BClFN4. The number of halogens is 2. The lowest BCUT2D eigenvalue weighted by Crippen LogP contribution is -2.39. The molecule has 0 aromatic carbocycles. The Morgan fingerprint density at radius 2 is 2.00 bits per heavy atom. The third-order valence-corrected chi connectivity index (χ3v) is 5.31. The Balaban J connectivity index is 1.75. The molecule has 0 amide bonds. The van der Waals surface area contributed by atoms with E-state index >= 15 is 0 Å². The summed E-state index contributed by atoms with van der Waals surface area (Å²) in [5.41, 5.74) is 1.56. The summed E-state index contributed by atoms with van der Waals surface area (Å²) >= 11 is 5.92. The van der Waals surface area contributed by atoms with E-state index in [-0.39, 0.29) is 18.3 Å². The van der Waals surface area contributed by atoms with Gasteiger partial charge in [0.25, 0.3) is 6.71 Å². The summed E-state index contributed by atoms with van der Waals surface area (Å²) in [4.78, 5) is 11.1. The van der Waals surface area contributed by atoms with Gasteiger partial charge in [0.1, 0.15) is 11.0 Å². The van der Waals surface area contributed by atoms with Crippen molar-refractivity contribution in [2.75, 3.05) is 18.0 Å². The van der Waals surface area contributed by atoms with Gasteiger partial charge in [0.2, 0.25) is 0 Å². The summed E-state index contributed by atoms with van der Waals surface area (Å²) < 4.78 is 13.2. The van der Waals surface area contributed by atoms with Crippen molar-refractivity contribution in [3.63, 3.8) is 0 Å². The fourth-order valence-electron chi connectivity index (χ4n) is 3.57. The van der Waals surface area contributed by atoms with Crippen LogP contribution in [0.15, 0.2) is 24.3 Å². The largest absolute Gasteiger partial charge is 0.357 e. The predicted molar refractivity (Wildman–Crippen MR) is 101 cm³/mol. The smallest absolute Gasteiger partial charge is 0.275 e. The highest BCUT2D eigenvalue weighted by atomic mass is 35.5. The molecule has 130 valence electrons. The van der Waals surface area contributed by atoms with Gasteiger partial charge in [0.15, 0.2) is 0 Å². The molecule has 1 aliphatic carbocycles. The van der Waals surface area contributed by atoms with Crippen molar-refractivity contribution in [1.82, 2.24) is 9.97 Å². The third kappa shape index (κ3) is 3.87. The van der Waals surface area contributed by atoms with Gasteiger partial charge in [-0.1, -0.05) is 18.5 Å². The Morgan fingerprint density at radius 1 is 1.32 bits per heavy atom. The Bertz CT molecular complexity index is 790. The number of pyridine rings is 2. The lowest BCUT2D eigenvalue weighted by molar-refractivity contribution is 0.208. The van der Waals surface area contributed by atoms with E-state index in [0.717, 1.165) is 29.9 Å². The molecule has 25 heavy (non-hydrogen) atoms. The molecule has 1 saturated carbocycles. The number of rotatable bonds is 6. The molecule has 0 N–H and O–H groups in total. The molecular weight excluding hydrogens is 337 g/mol. The summed E-state index contributed by atoms with van der Waals surface area (Å²) in [6, 6.07) is 7.44. The summed E-state index contributed by atoms with van der Waals surface area (Å²) in [5, 5.41) is 9.96. The zero-order valence-corrected chi connectivity index (χ0v) is 15.2. The molecule has 2 heterocycles. The second-order valence-corrected chi connectivity index (χ2v) is 7.23. The zero-order chi connectivity index (χ0) is 18.0. The average molecular weight is 359 g/mol. The van der Waals surface area contributed by atoms with Crippen LogP contribution in [0.5, 0.6) is 0 Å². The molecule has 0 bridgehead atoms. The molecule has 1 unspecified atom stereocenters.